The first-order valence-electron chi connectivity index (χ1n) is 7.08. The van der Waals surface area contributed by atoms with E-state index in [1.807, 2.05) is 19.1 Å². The van der Waals surface area contributed by atoms with Crippen LogP contribution < -0.4 is 5.32 Å². The minimum absolute atomic E-state index is 0.391. The van der Waals surface area contributed by atoms with Gasteiger partial charge in [-0.1, -0.05) is 19.9 Å². The van der Waals surface area contributed by atoms with E-state index in [0.29, 0.717) is 17.5 Å². The van der Waals surface area contributed by atoms with Crippen molar-refractivity contribution in [2.75, 3.05) is 5.32 Å². The van der Waals surface area contributed by atoms with Crippen molar-refractivity contribution in [2.45, 2.75) is 46.1 Å². The molecule has 1 aromatic carbocycles. The fourth-order valence-corrected chi connectivity index (χ4v) is 3.10. The van der Waals surface area contributed by atoms with Gasteiger partial charge in [0.05, 0.1) is 5.56 Å². The van der Waals surface area contributed by atoms with Gasteiger partial charge < -0.3 is 10.4 Å². The predicted octanol–water partition coefficient (Wildman–Crippen LogP) is 3.93. The molecule has 0 radical (unpaired) electrons. The van der Waals surface area contributed by atoms with Crippen molar-refractivity contribution in [1.29, 1.82) is 0 Å². The molecule has 1 aliphatic rings. The molecule has 2 rings (SSSR count). The topological polar surface area (TPSA) is 49.3 Å². The number of aromatic carboxylic acids is 1. The van der Waals surface area contributed by atoms with Gasteiger partial charge in [-0.05, 0) is 55.7 Å². The lowest BCUT2D eigenvalue weighted by atomic mass is 9.79. The summed E-state index contributed by atoms with van der Waals surface area (Å²) in [7, 11) is 0. The second-order valence-electron chi connectivity index (χ2n) is 5.93. The maximum atomic E-state index is 11.1. The van der Waals surface area contributed by atoms with Crippen molar-refractivity contribution in [1.82, 2.24) is 0 Å². The monoisotopic (exact) mass is 261 g/mol. The molecule has 0 aliphatic heterocycles. The number of nitrogens with one attached hydrogen (secondary N) is 1. The summed E-state index contributed by atoms with van der Waals surface area (Å²) >= 11 is 0. The number of carboxylic acid groups (broad SMARTS) is 1. The highest BCUT2D eigenvalue weighted by atomic mass is 16.4. The standard InChI is InChI=1S/C16H23NO2/c1-10-7-8-14(11(2)9-10)17-15-6-4-5-13(12(15)3)16(18)19/h4-6,10-11,14,17H,7-9H2,1-3H3,(H,18,19). The molecular formula is C16H23NO2. The Kier molecular flexibility index (Phi) is 4.13. The largest absolute Gasteiger partial charge is 0.478 e. The van der Waals surface area contributed by atoms with Gasteiger partial charge in [-0.2, -0.15) is 0 Å². The van der Waals surface area contributed by atoms with Crippen LogP contribution in [0.1, 0.15) is 49.0 Å². The number of rotatable bonds is 3. The molecule has 3 unspecified atom stereocenters. The Morgan fingerprint density at radius 1 is 1.32 bits per heavy atom. The number of hydrogen-bond donors (Lipinski definition) is 2. The van der Waals surface area contributed by atoms with Gasteiger partial charge in [-0.3, -0.25) is 0 Å². The highest BCUT2D eigenvalue weighted by Crippen LogP contribution is 2.31. The molecule has 0 saturated heterocycles. The van der Waals surface area contributed by atoms with Crippen molar-refractivity contribution >= 4 is 11.7 Å². The van der Waals surface area contributed by atoms with Gasteiger partial charge in [-0.25, -0.2) is 4.79 Å². The van der Waals surface area contributed by atoms with Crippen LogP contribution in [0, 0.1) is 18.8 Å². The SMILES string of the molecule is Cc1c(NC2CCC(C)CC2C)cccc1C(=O)O. The molecule has 1 aliphatic carbocycles. The minimum Gasteiger partial charge on any atom is -0.478 e. The molecular weight excluding hydrogens is 238 g/mol. The third-order valence-electron chi connectivity index (χ3n) is 4.34. The maximum absolute atomic E-state index is 11.1. The number of carboxylic acids is 1. The van der Waals surface area contributed by atoms with E-state index in [-0.39, 0.29) is 0 Å². The Balaban J connectivity index is 2.15. The fourth-order valence-electron chi connectivity index (χ4n) is 3.10. The summed E-state index contributed by atoms with van der Waals surface area (Å²) in [6.07, 6.45) is 3.66. The van der Waals surface area contributed by atoms with Crippen LogP contribution in [0.3, 0.4) is 0 Å². The number of benzene rings is 1. The molecule has 3 atom stereocenters. The van der Waals surface area contributed by atoms with E-state index < -0.39 is 5.97 Å². The van der Waals surface area contributed by atoms with E-state index in [2.05, 4.69) is 19.2 Å². The zero-order valence-corrected chi connectivity index (χ0v) is 11.9. The van der Waals surface area contributed by atoms with Crippen molar-refractivity contribution in [3.63, 3.8) is 0 Å². The Bertz CT molecular complexity index is 470. The first-order chi connectivity index (χ1) is 8.99. The fraction of sp³-hybridized carbons (Fsp3) is 0.562. The quantitative estimate of drug-likeness (QED) is 0.866. The summed E-state index contributed by atoms with van der Waals surface area (Å²) < 4.78 is 0. The van der Waals surface area contributed by atoms with Gasteiger partial charge in [0, 0.05) is 11.7 Å². The van der Waals surface area contributed by atoms with E-state index in [1.54, 1.807) is 6.07 Å². The molecule has 19 heavy (non-hydrogen) atoms. The molecule has 0 bridgehead atoms. The van der Waals surface area contributed by atoms with E-state index in [0.717, 1.165) is 17.2 Å². The van der Waals surface area contributed by atoms with Crippen molar-refractivity contribution in [3.05, 3.63) is 29.3 Å². The van der Waals surface area contributed by atoms with Crippen LogP contribution in [0.2, 0.25) is 0 Å². The molecule has 0 aromatic heterocycles. The van der Waals surface area contributed by atoms with Crippen LogP contribution in [0.4, 0.5) is 5.69 Å². The lowest BCUT2D eigenvalue weighted by Gasteiger charge is -2.34. The molecule has 1 aromatic rings. The average Bonchev–Trinajstić information content (AvgIpc) is 2.34. The van der Waals surface area contributed by atoms with Gasteiger partial charge >= 0.3 is 5.97 Å². The number of anilines is 1. The normalized spacial score (nSPS) is 27.0. The smallest absolute Gasteiger partial charge is 0.336 e. The number of hydrogen-bond acceptors (Lipinski definition) is 2. The van der Waals surface area contributed by atoms with E-state index in [1.165, 1.54) is 19.3 Å². The van der Waals surface area contributed by atoms with Crippen LogP contribution in [0.5, 0.6) is 0 Å². The molecule has 104 valence electrons. The summed E-state index contributed by atoms with van der Waals surface area (Å²) in [5.41, 5.74) is 2.19. The molecule has 0 heterocycles. The van der Waals surface area contributed by atoms with Crippen LogP contribution in [0.25, 0.3) is 0 Å². The second kappa shape index (κ2) is 5.64. The lowest BCUT2D eigenvalue weighted by molar-refractivity contribution is 0.0696. The zero-order chi connectivity index (χ0) is 14.0. The van der Waals surface area contributed by atoms with Gasteiger partial charge in [0.2, 0.25) is 0 Å². The Hall–Kier alpha value is -1.51. The van der Waals surface area contributed by atoms with Crippen molar-refractivity contribution in [3.8, 4) is 0 Å². The molecule has 0 amide bonds. The third-order valence-corrected chi connectivity index (χ3v) is 4.34. The van der Waals surface area contributed by atoms with Crippen molar-refractivity contribution in [2.24, 2.45) is 11.8 Å². The van der Waals surface area contributed by atoms with E-state index in [9.17, 15) is 4.79 Å². The average molecular weight is 261 g/mol. The lowest BCUT2D eigenvalue weighted by Crippen LogP contribution is -2.33. The second-order valence-corrected chi connectivity index (χ2v) is 5.93. The molecule has 1 fully saturated rings. The third kappa shape index (κ3) is 3.09. The minimum atomic E-state index is -0.855. The predicted molar refractivity (Wildman–Crippen MR) is 77.7 cm³/mol. The summed E-state index contributed by atoms with van der Waals surface area (Å²) in [6.45, 7) is 6.47. The first kappa shape index (κ1) is 13.9. The molecule has 0 spiro atoms. The molecule has 2 N–H and O–H groups in total. The summed E-state index contributed by atoms with van der Waals surface area (Å²) in [6, 6.07) is 5.91. The van der Waals surface area contributed by atoms with E-state index >= 15 is 0 Å². The first-order valence-corrected chi connectivity index (χ1v) is 7.08. The van der Waals surface area contributed by atoms with Crippen LogP contribution in [-0.2, 0) is 0 Å². The van der Waals surface area contributed by atoms with Gasteiger partial charge in [0.1, 0.15) is 0 Å². The van der Waals surface area contributed by atoms with Gasteiger partial charge in [0.25, 0.3) is 0 Å². The van der Waals surface area contributed by atoms with Gasteiger partial charge in [0.15, 0.2) is 0 Å². The Labute approximate surface area is 115 Å². The Morgan fingerprint density at radius 2 is 2.05 bits per heavy atom. The molecule has 1 saturated carbocycles. The summed E-state index contributed by atoms with van der Waals surface area (Å²) in [4.78, 5) is 11.1. The van der Waals surface area contributed by atoms with Gasteiger partial charge in [-0.15, -0.1) is 0 Å². The van der Waals surface area contributed by atoms with Crippen molar-refractivity contribution < 1.29 is 9.90 Å². The summed E-state index contributed by atoms with van der Waals surface area (Å²) in [5.74, 6) is 0.586. The highest BCUT2D eigenvalue weighted by molar-refractivity contribution is 5.91. The van der Waals surface area contributed by atoms with Crippen LogP contribution >= 0.6 is 0 Å². The molecule has 3 heteroatoms. The van der Waals surface area contributed by atoms with E-state index in [4.69, 9.17) is 5.11 Å². The zero-order valence-electron chi connectivity index (χ0n) is 11.9. The van der Waals surface area contributed by atoms with Crippen LogP contribution in [0.15, 0.2) is 18.2 Å². The number of carbonyl (C=O) groups is 1. The summed E-state index contributed by atoms with van der Waals surface area (Å²) in [5, 5.41) is 12.7. The highest BCUT2D eigenvalue weighted by Gasteiger charge is 2.25. The maximum Gasteiger partial charge on any atom is 0.336 e. The van der Waals surface area contributed by atoms with Crippen LogP contribution in [-0.4, -0.2) is 17.1 Å². The Morgan fingerprint density at radius 3 is 2.68 bits per heavy atom. The molecule has 3 nitrogen and oxygen atoms in total.